The molecule has 7 nitrogen and oxygen atoms in total. The van der Waals surface area contributed by atoms with Gasteiger partial charge in [0.2, 0.25) is 10.0 Å². The molecule has 0 aliphatic carbocycles. The van der Waals surface area contributed by atoms with E-state index < -0.39 is 22.7 Å². The maximum absolute atomic E-state index is 12.4. The van der Waals surface area contributed by atoms with Crippen LogP contribution in [-0.4, -0.2) is 39.5 Å². The monoisotopic (exact) mass is 427 g/mol. The first kappa shape index (κ1) is 22.6. The highest BCUT2D eigenvalue weighted by molar-refractivity contribution is 7.89. The van der Waals surface area contributed by atoms with Gasteiger partial charge in [-0.2, -0.15) is 8.78 Å². The van der Waals surface area contributed by atoms with Crippen molar-refractivity contribution in [3.05, 3.63) is 53.1 Å². The lowest BCUT2D eigenvalue weighted by Gasteiger charge is -2.16. The lowest BCUT2D eigenvalue weighted by Crippen LogP contribution is -2.29. The molecule has 2 aromatic rings. The molecule has 0 saturated heterocycles. The van der Waals surface area contributed by atoms with Crippen LogP contribution in [0.25, 0.3) is 0 Å². The van der Waals surface area contributed by atoms with Gasteiger partial charge in [0.1, 0.15) is 5.75 Å². The molecule has 0 unspecified atom stereocenters. The van der Waals surface area contributed by atoms with Gasteiger partial charge >= 0.3 is 12.6 Å². The second-order valence-electron chi connectivity index (χ2n) is 6.53. The van der Waals surface area contributed by atoms with Gasteiger partial charge in [0.15, 0.2) is 0 Å². The van der Waals surface area contributed by atoms with Crippen LogP contribution < -0.4 is 15.4 Å². The zero-order chi connectivity index (χ0) is 21.8. The third kappa shape index (κ3) is 5.88. The second kappa shape index (κ2) is 9.19. The summed E-state index contributed by atoms with van der Waals surface area (Å²) in [5.74, 6) is 0.0261. The van der Waals surface area contributed by atoms with Gasteiger partial charge < -0.3 is 15.4 Å². The molecular formula is C19H23F2N3O4S. The second-order valence-corrected chi connectivity index (χ2v) is 8.68. The molecule has 0 heterocycles. The Morgan fingerprint density at radius 3 is 2.31 bits per heavy atom. The summed E-state index contributed by atoms with van der Waals surface area (Å²) < 4.78 is 54.4. The molecule has 2 rings (SSSR count). The van der Waals surface area contributed by atoms with Gasteiger partial charge in [-0.25, -0.2) is 17.5 Å². The molecule has 0 bridgehead atoms. The number of hydrogen-bond donors (Lipinski definition) is 2. The number of anilines is 1. The molecule has 0 spiro atoms. The number of amides is 2. The lowest BCUT2D eigenvalue weighted by molar-refractivity contribution is -0.0498. The topological polar surface area (TPSA) is 87.7 Å². The van der Waals surface area contributed by atoms with E-state index >= 15 is 0 Å². The smallest absolute Gasteiger partial charge is 0.387 e. The molecule has 2 amide bonds. The fraction of sp³-hybridized carbons (Fsp3) is 0.316. The predicted octanol–water partition coefficient (Wildman–Crippen LogP) is 3.48. The molecule has 0 fully saturated rings. The Hall–Kier alpha value is -2.72. The van der Waals surface area contributed by atoms with Gasteiger partial charge in [0.05, 0.1) is 4.90 Å². The first-order chi connectivity index (χ1) is 13.5. The SMILES string of the molecule is Cc1cc(S(=O)(=O)N(C)C)cc(NC(=O)NCc2ccc(OC(F)F)cc2)c1C. The van der Waals surface area contributed by atoms with E-state index in [-0.39, 0.29) is 17.2 Å². The number of carbonyl (C=O) groups is 1. The summed E-state index contributed by atoms with van der Waals surface area (Å²) >= 11 is 0. The van der Waals surface area contributed by atoms with E-state index in [1.54, 1.807) is 32.0 Å². The van der Waals surface area contributed by atoms with E-state index in [4.69, 9.17) is 0 Å². The van der Waals surface area contributed by atoms with Crippen LogP contribution in [0.3, 0.4) is 0 Å². The molecule has 29 heavy (non-hydrogen) atoms. The van der Waals surface area contributed by atoms with Crippen LogP contribution in [0.4, 0.5) is 19.3 Å². The molecule has 2 N–H and O–H groups in total. The molecule has 2 aromatic carbocycles. The molecule has 0 aliphatic rings. The average molecular weight is 427 g/mol. The van der Waals surface area contributed by atoms with E-state index in [1.165, 1.54) is 32.3 Å². The molecule has 158 valence electrons. The van der Waals surface area contributed by atoms with Crippen molar-refractivity contribution in [1.82, 2.24) is 9.62 Å². The van der Waals surface area contributed by atoms with Gasteiger partial charge in [0.25, 0.3) is 0 Å². The number of carbonyl (C=O) groups excluding carboxylic acids is 1. The Kier molecular flexibility index (Phi) is 7.15. The van der Waals surface area contributed by atoms with Gasteiger partial charge in [0, 0.05) is 26.3 Å². The van der Waals surface area contributed by atoms with E-state index in [0.717, 1.165) is 15.4 Å². The molecule has 10 heteroatoms. The Balaban J connectivity index is 2.08. The number of sulfonamides is 1. The van der Waals surface area contributed by atoms with Crippen LogP contribution in [0.5, 0.6) is 5.75 Å². The number of alkyl halides is 2. The highest BCUT2D eigenvalue weighted by atomic mass is 32.2. The summed E-state index contributed by atoms with van der Waals surface area (Å²) in [4.78, 5) is 12.3. The minimum absolute atomic E-state index is 0.0261. The van der Waals surface area contributed by atoms with Crippen molar-refractivity contribution in [2.75, 3.05) is 19.4 Å². The van der Waals surface area contributed by atoms with Gasteiger partial charge in [-0.15, -0.1) is 0 Å². The summed E-state index contributed by atoms with van der Waals surface area (Å²) in [5.41, 5.74) is 2.52. The highest BCUT2D eigenvalue weighted by Crippen LogP contribution is 2.25. The first-order valence-electron chi connectivity index (χ1n) is 8.63. The number of halogens is 2. The van der Waals surface area contributed by atoms with Crippen molar-refractivity contribution in [3.63, 3.8) is 0 Å². The maximum atomic E-state index is 12.4. The van der Waals surface area contributed by atoms with Gasteiger partial charge in [-0.05, 0) is 54.8 Å². The number of nitrogens with one attached hydrogen (secondary N) is 2. The highest BCUT2D eigenvalue weighted by Gasteiger charge is 2.20. The first-order valence-corrected chi connectivity index (χ1v) is 10.1. The third-order valence-electron chi connectivity index (χ3n) is 4.27. The summed E-state index contributed by atoms with van der Waals surface area (Å²) in [5, 5.41) is 5.29. The number of aryl methyl sites for hydroxylation is 1. The van der Waals surface area contributed by atoms with Crippen molar-refractivity contribution >= 4 is 21.7 Å². The Labute approximate surface area is 168 Å². The van der Waals surface area contributed by atoms with E-state index in [0.29, 0.717) is 11.3 Å². The van der Waals surface area contributed by atoms with Crippen molar-refractivity contribution in [2.24, 2.45) is 0 Å². The van der Waals surface area contributed by atoms with Gasteiger partial charge in [-0.3, -0.25) is 0 Å². The summed E-state index contributed by atoms with van der Waals surface area (Å²) in [6, 6.07) is 8.30. The number of urea groups is 1. The molecule has 0 atom stereocenters. The average Bonchev–Trinajstić information content (AvgIpc) is 2.64. The zero-order valence-electron chi connectivity index (χ0n) is 16.5. The zero-order valence-corrected chi connectivity index (χ0v) is 17.3. The predicted molar refractivity (Wildman–Crippen MR) is 106 cm³/mol. The Morgan fingerprint density at radius 1 is 1.14 bits per heavy atom. The van der Waals surface area contributed by atoms with Gasteiger partial charge in [-0.1, -0.05) is 12.1 Å². The molecule has 0 aromatic heterocycles. The van der Waals surface area contributed by atoms with Crippen molar-refractivity contribution in [1.29, 1.82) is 0 Å². The maximum Gasteiger partial charge on any atom is 0.387 e. The lowest BCUT2D eigenvalue weighted by atomic mass is 10.1. The molecule has 0 saturated carbocycles. The summed E-state index contributed by atoms with van der Waals surface area (Å²) in [7, 11) is -0.781. The minimum Gasteiger partial charge on any atom is -0.435 e. The quantitative estimate of drug-likeness (QED) is 0.708. The minimum atomic E-state index is -3.65. The van der Waals surface area contributed by atoms with Crippen LogP contribution >= 0.6 is 0 Å². The Morgan fingerprint density at radius 2 is 1.76 bits per heavy atom. The molecule has 0 aliphatic heterocycles. The number of benzene rings is 2. The number of hydrogen-bond acceptors (Lipinski definition) is 4. The van der Waals surface area contributed by atoms with Crippen molar-refractivity contribution < 1.29 is 26.7 Å². The van der Waals surface area contributed by atoms with Crippen LogP contribution in [-0.2, 0) is 16.6 Å². The number of nitrogens with zero attached hydrogens (tertiary/aromatic N) is 1. The number of rotatable bonds is 7. The van der Waals surface area contributed by atoms with Crippen LogP contribution in [0, 0.1) is 13.8 Å². The summed E-state index contributed by atoms with van der Waals surface area (Å²) in [6.07, 6.45) is 0. The summed E-state index contributed by atoms with van der Waals surface area (Å²) in [6.45, 7) is 0.784. The van der Waals surface area contributed by atoms with Crippen LogP contribution in [0.15, 0.2) is 41.3 Å². The normalized spacial score (nSPS) is 11.6. The van der Waals surface area contributed by atoms with Crippen molar-refractivity contribution in [3.8, 4) is 5.75 Å². The van der Waals surface area contributed by atoms with Crippen molar-refractivity contribution in [2.45, 2.75) is 31.9 Å². The largest absolute Gasteiger partial charge is 0.435 e. The Bertz CT molecular complexity index is 978. The fourth-order valence-corrected chi connectivity index (χ4v) is 3.47. The van der Waals surface area contributed by atoms with E-state index in [2.05, 4.69) is 15.4 Å². The standard InChI is InChI=1S/C19H23F2N3O4S/c1-12-9-16(29(26,27)24(3)4)10-17(13(12)2)23-19(25)22-11-14-5-7-15(8-6-14)28-18(20)21/h5-10,18H,11H2,1-4H3,(H2,22,23,25). The van der Waals surface area contributed by atoms with Crippen LogP contribution in [0.1, 0.15) is 16.7 Å². The van der Waals surface area contributed by atoms with E-state index in [9.17, 15) is 22.0 Å². The molecular weight excluding hydrogens is 404 g/mol. The molecule has 0 radical (unpaired) electrons. The van der Waals surface area contributed by atoms with E-state index in [1.807, 2.05) is 0 Å². The van der Waals surface area contributed by atoms with Crippen LogP contribution in [0.2, 0.25) is 0 Å². The number of ether oxygens (including phenoxy) is 1. The third-order valence-corrected chi connectivity index (χ3v) is 6.06. The fourth-order valence-electron chi connectivity index (χ4n) is 2.45.